The van der Waals surface area contributed by atoms with Crippen molar-refractivity contribution in [1.29, 1.82) is 0 Å². The molecule has 0 heterocycles. The number of amides is 1. The lowest BCUT2D eigenvalue weighted by molar-refractivity contribution is -0.118. The number of benzene rings is 2. The number of ketones is 1. The van der Waals surface area contributed by atoms with Gasteiger partial charge >= 0.3 is 0 Å². The number of anilines is 1. The minimum atomic E-state index is -0.300. The van der Waals surface area contributed by atoms with Gasteiger partial charge in [0, 0.05) is 18.5 Å². The maximum absolute atomic E-state index is 12.4. The quantitative estimate of drug-likeness (QED) is 0.692. The first-order valence-corrected chi connectivity index (χ1v) is 9.15. The fourth-order valence-electron chi connectivity index (χ4n) is 2.02. The number of para-hydroxylation sites is 1. The van der Waals surface area contributed by atoms with Crippen molar-refractivity contribution in [2.75, 3.05) is 5.32 Å². The first-order valence-electron chi connectivity index (χ1n) is 8.77. The lowest BCUT2D eigenvalue weighted by Gasteiger charge is -2.11. The van der Waals surface area contributed by atoms with Crippen LogP contribution < -0.4 is 5.32 Å². The zero-order valence-corrected chi connectivity index (χ0v) is 16.5. The van der Waals surface area contributed by atoms with Crippen LogP contribution in [0, 0.1) is 0 Å². The maximum Gasteiger partial charge on any atom is 0.257 e. The second kappa shape index (κ2) is 13.2. The summed E-state index contributed by atoms with van der Waals surface area (Å²) in [6.07, 6.45) is 0.654. The number of carbonyl (C=O) groups excluding carboxylic acids is 2. The van der Waals surface area contributed by atoms with Gasteiger partial charge < -0.3 is 5.32 Å². The predicted molar refractivity (Wildman–Crippen MR) is 108 cm³/mol. The molecule has 0 bridgehead atoms. The molecule has 2 aromatic rings. The number of carbonyl (C=O) groups is 2. The third-order valence-corrected chi connectivity index (χ3v) is 3.46. The smallest absolute Gasteiger partial charge is 0.257 e. The molecule has 0 aliphatic carbocycles. The highest BCUT2D eigenvalue weighted by molar-refractivity contribution is 6.34. The van der Waals surface area contributed by atoms with Crippen LogP contribution in [0.4, 0.5) is 5.69 Å². The highest BCUT2D eigenvalue weighted by Gasteiger charge is 2.17. The van der Waals surface area contributed by atoms with Gasteiger partial charge in [-0.25, -0.2) is 0 Å². The SMILES string of the molecule is CC.CC.CCC(=O)Cc1cccc(Cl)c1C(=O)Nc1ccccc1. The zero-order valence-electron chi connectivity index (χ0n) is 15.7. The summed E-state index contributed by atoms with van der Waals surface area (Å²) in [6, 6.07) is 14.3. The minimum absolute atomic E-state index is 0.0750. The molecule has 1 amide bonds. The van der Waals surface area contributed by atoms with Crippen LogP contribution in [0.25, 0.3) is 0 Å². The average Bonchev–Trinajstić information content (AvgIpc) is 2.65. The van der Waals surface area contributed by atoms with Gasteiger partial charge in [0.2, 0.25) is 0 Å². The molecular weight excluding hydrogens is 334 g/mol. The van der Waals surface area contributed by atoms with E-state index >= 15 is 0 Å². The van der Waals surface area contributed by atoms with Gasteiger partial charge in [-0.05, 0) is 23.8 Å². The van der Waals surface area contributed by atoms with Crippen molar-refractivity contribution in [3.8, 4) is 0 Å². The highest BCUT2D eigenvalue weighted by Crippen LogP contribution is 2.22. The largest absolute Gasteiger partial charge is 0.322 e. The summed E-state index contributed by atoms with van der Waals surface area (Å²) in [5.74, 6) is -0.225. The van der Waals surface area contributed by atoms with E-state index in [4.69, 9.17) is 11.6 Å². The third-order valence-electron chi connectivity index (χ3n) is 3.14. The number of hydrogen-bond donors (Lipinski definition) is 1. The van der Waals surface area contributed by atoms with Gasteiger partial charge in [-0.2, -0.15) is 0 Å². The molecule has 0 aliphatic heterocycles. The molecule has 0 radical (unpaired) electrons. The minimum Gasteiger partial charge on any atom is -0.322 e. The van der Waals surface area contributed by atoms with Gasteiger partial charge in [0.15, 0.2) is 0 Å². The Bertz CT molecular complexity index is 654. The van der Waals surface area contributed by atoms with Gasteiger partial charge in [0.1, 0.15) is 5.78 Å². The second-order valence-electron chi connectivity index (χ2n) is 4.66. The molecule has 2 rings (SSSR count). The molecule has 0 saturated heterocycles. The number of hydrogen-bond acceptors (Lipinski definition) is 2. The average molecular weight is 362 g/mol. The normalized spacial score (nSPS) is 9.04. The van der Waals surface area contributed by atoms with Crippen LogP contribution in [0.1, 0.15) is 57.0 Å². The van der Waals surface area contributed by atoms with E-state index in [1.165, 1.54) is 0 Å². The Kier molecular flexibility index (Phi) is 12.1. The lowest BCUT2D eigenvalue weighted by Crippen LogP contribution is -2.16. The Balaban J connectivity index is 0.00000134. The van der Waals surface area contributed by atoms with Crippen LogP contribution in [0.5, 0.6) is 0 Å². The number of rotatable bonds is 5. The summed E-state index contributed by atoms with van der Waals surface area (Å²) >= 11 is 6.14. The Hall–Kier alpha value is -2.13. The fraction of sp³-hybridized carbons (Fsp3) is 0.333. The van der Waals surface area contributed by atoms with Crippen molar-refractivity contribution in [3.05, 3.63) is 64.7 Å². The van der Waals surface area contributed by atoms with E-state index in [1.54, 1.807) is 37.3 Å². The Labute approximate surface area is 156 Å². The highest BCUT2D eigenvalue weighted by atomic mass is 35.5. The van der Waals surface area contributed by atoms with E-state index in [0.29, 0.717) is 28.3 Å². The van der Waals surface area contributed by atoms with Crippen LogP contribution in [0.3, 0.4) is 0 Å². The molecule has 0 aromatic heterocycles. The Morgan fingerprint density at radius 3 is 2.08 bits per heavy atom. The van der Waals surface area contributed by atoms with Crippen molar-refractivity contribution in [1.82, 2.24) is 0 Å². The molecule has 0 fully saturated rings. The molecule has 136 valence electrons. The summed E-state index contributed by atoms with van der Waals surface area (Å²) in [5.41, 5.74) is 1.71. The van der Waals surface area contributed by atoms with Crippen LogP contribution in [-0.4, -0.2) is 11.7 Å². The molecule has 2 aromatic carbocycles. The number of Topliss-reactive ketones (excluding diaryl/α,β-unsaturated/α-hetero) is 1. The summed E-state index contributed by atoms with van der Waals surface area (Å²) < 4.78 is 0. The fourth-order valence-corrected chi connectivity index (χ4v) is 2.30. The van der Waals surface area contributed by atoms with E-state index in [2.05, 4.69) is 5.32 Å². The van der Waals surface area contributed by atoms with Gasteiger partial charge in [0.25, 0.3) is 5.91 Å². The summed E-state index contributed by atoms with van der Waals surface area (Å²) in [5, 5.41) is 3.15. The molecule has 0 unspecified atom stereocenters. The molecule has 0 atom stereocenters. The molecule has 25 heavy (non-hydrogen) atoms. The Morgan fingerprint density at radius 2 is 1.52 bits per heavy atom. The molecule has 3 nitrogen and oxygen atoms in total. The standard InChI is InChI=1S/C17H16ClNO2.2C2H6/c1-2-14(20)11-12-7-6-10-15(18)16(12)17(21)19-13-8-4-3-5-9-13;2*1-2/h3-10H,2,11H2,1H3,(H,19,21);2*1-2H3. The van der Waals surface area contributed by atoms with E-state index < -0.39 is 0 Å². The lowest BCUT2D eigenvalue weighted by atomic mass is 10.0. The van der Waals surface area contributed by atoms with Crippen molar-refractivity contribution >= 4 is 29.0 Å². The van der Waals surface area contributed by atoms with Crippen LogP contribution in [0.15, 0.2) is 48.5 Å². The Morgan fingerprint density at radius 1 is 0.920 bits per heavy atom. The molecule has 1 N–H and O–H groups in total. The second-order valence-corrected chi connectivity index (χ2v) is 5.07. The maximum atomic E-state index is 12.4. The van der Waals surface area contributed by atoms with Gasteiger partial charge in [-0.1, -0.05) is 76.6 Å². The monoisotopic (exact) mass is 361 g/mol. The number of nitrogens with one attached hydrogen (secondary N) is 1. The number of halogens is 1. The predicted octanol–water partition coefficient (Wildman–Crippen LogP) is 6.17. The zero-order chi connectivity index (χ0) is 19.2. The van der Waals surface area contributed by atoms with Crippen LogP contribution in [0.2, 0.25) is 5.02 Å². The molecule has 0 aliphatic rings. The van der Waals surface area contributed by atoms with Crippen LogP contribution >= 0.6 is 11.6 Å². The third kappa shape index (κ3) is 7.53. The molecule has 0 saturated carbocycles. The molecule has 0 spiro atoms. The van der Waals surface area contributed by atoms with Gasteiger partial charge in [-0.15, -0.1) is 0 Å². The van der Waals surface area contributed by atoms with Crippen molar-refractivity contribution < 1.29 is 9.59 Å². The molecule has 4 heteroatoms. The summed E-state index contributed by atoms with van der Waals surface area (Å²) in [7, 11) is 0. The first kappa shape index (κ1) is 22.9. The van der Waals surface area contributed by atoms with Crippen molar-refractivity contribution in [3.63, 3.8) is 0 Å². The molecular formula is C21H28ClNO2. The van der Waals surface area contributed by atoms with Crippen LogP contribution in [-0.2, 0) is 11.2 Å². The van der Waals surface area contributed by atoms with E-state index in [9.17, 15) is 9.59 Å². The first-order chi connectivity index (χ1) is 12.1. The van der Waals surface area contributed by atoms with Crippen molar-refractivity contribution in [2.45, 2.75) is 47.5 Å². The van der Waals surface area contributed by atoms with Crippen molar-refractivity contribution in [2.24, 2.45) is 0 Å². The van der Waals surface area contributed by atoms with Gasteiger partial charge in [0.05, 0.1) is 10.6 Å². The van der Waals surface area contributed by atoms with E-state index in [0.717, 1.165) is 0 Å². The summed E-state index contributed by atoms with van der Waals surface area (Å²) in [4.78, 5) is 24.1. The van der Waals surface area contributed by atoms with E-state index in [-0.39, 0.29) is 18.1 Å². The van der Waals surface area contributed by atoms with E-state index in [1.807, 2.05) is 45.9 Å². The topological polar surface area (TPSA) is 46.2 Å². The van der Waals surface area contributed by atoms with Gasteiger partial charge in [-0.3, -0.25) is 9.59 Å². The summed E-state index contributed by atoms with van der Waals surface area (Å²) in [6.45, 7) is 9.80.